The molecule has 0 saturated carbocycles. The number of carbonyl (C=O) groups is 1. The van der Waals surface area contributed by atoms with Gasteiger partial charge in [-0.25, -0.2) is 0 Å². The van der Waals surface area contributed by atoms with E-state index in [1.807, 2.05) is 20.0 Å². The Balaban J connectivity index is 2.46. The molecule has 5 nitrogen and oxygen atoms in total. The zero-order valence-electron chi connectivity index (χ0n) is 9.69. The van der Waals surface area contributed by atoms with Crippen LogP contribution < -0.4 is 5.32 Å². The average Bonchev–Trinajstić information content (AvgIpc) is 2.51. The van der Waals surface area contributed by atoms with Gasteiger partial charge in [-0.1, -0.05) is 0 Å². The summed E-state index contributed by atoms with van der Waals surface area (Å²) in [6, 6.07) is 1.99. The van der Waals surface area contributed by atoms with Crippen molar-refractivity contribution in [3.8, 4) is 0 Å². The van der Waals surface area contributed by atoms with E-state index in [4.69, 9.17) is 0 Å². The highest BCUT2D eigenvalue weighted by atomic mass is 16.2. The lowest BCUT2D eigenvalue weighted by Crippen LogP contribution is -2.29. The standard InChI is InChI=1S/C10H18N4O/c1-8(7-10(15)13(2)3)12-9-5-6-11-14(9)4/h5-6,8,12H,7H2,1-4H3. The van der Waals surface area contributed by atoms with E-state index in [9.17, 15) is 4.79 Å². The summed E-state index contributed by atoms with van der Waals surface area (Å²) >= 11 is 0. The summed E-state index contributed by atoms with van der Waals surface area (Å²) in [5.41, 5.74) is 0. The van der Waals surface area contributed by atoms with E-state index in [0.717, 1.165) is 5.82 Å². The van der Waals surface area contributed by atoms with E-state index in [2.05, 4.69) is 10.4 Å². The van der Waals surface area contributed by atoms with E-state index >= 15 is 0 Å². The number of rotatable bonds is 4. The van der Waals surface area contributed by atoms with E-state index in [1.165, 1.54) is 0 Å². The number of amides is 1. The lowest BCUT2D eigenvalue weighted by atomic mass is 10.2. The lowest BCUT2D eigenvalue weighted by Gasteiger charge is -2.17. The molecule has 1 atom stereocenters. The fraction of sp³-hybridized carbons (Fsp3) is 0.600. The van der Waals surface area contributed by atoms with Crippen molar-refractivity contribution in [2.75, 3.05) is 19.4 Å². The van der Waals surface area contributed by atoms with E-state index < -0.39 is 0 Å². The SMILES string of the molecule is CC(CC(=O)N(C)C)Nc1ccnn1C. The van der Waals surface area contributed by atoms with Crippen LogP contribution in [0.3, 0.4) is 0 Å². The van der Waals surface area contributed by atoms with Crippen LogP contribution >= 0.6 is 0 Å². The molecule has 0 aliphatic carbocycles. The molecule has 0 fully saturated rings. The van der Waals surface area contributed by atoms with Gasteiger partial charge in [-0.2, -0.15) is 5.10 Å². The zero-order valence-corrected chi connectivity index (χ0v) is 9.69. The molecule has 0 aliphatic heterocycles. The molecular formula is C10H18N4O. The van der Waals surface area contributed by atoms with Crippen LogP contribution in [0, 0.1) is 0 Å². The third-order valence-electron chi connectivity index (χ3n) is 2.19. The topological polar surface area (TPSA) is 50.2 Å². The van der Waals surface area contributed by atoms with Crippen molar-refractivity contribution in [3.63, 3.8) is 0 Å². The largest absolute Gasteiger partial charge is 0.367 e. The van der Waals surface area contributed by atoms with Crippen LogP contribution in [-0.2, 0) is 11.8 Å². The number of nitrogens with zero attached hydrogens (tertiary/aromatic N) is 3. The maximum absolute atomic E-state index is 11.4. The molecule has 0 saturated heterocycles. The highest BCUT2D eigenvalue weighted by Gasteiger charge is 2.11. The second-order valence-corrected chi connectivity index (χ2v) is 3.88. The first-order valence-corrected chi connectivity index (χ1v) is 4.95. The molecule has 84 valence electrons. The number of nitrogens with one attached hydrogen (secondary N) is 1. The number of aryl methyl sites for hydroxylation is 1. The second kappa shape index (κ2) is 4.82. The molecule has 1 aromatic heterocycles. The Morgan fingerprint density at radius 1 is 1.67 bits per heavy atom. The van der Waals surface area contributed by atoms with Gasteiger partial charge >= 0.3 is 0 Å². The minimum absolute atomic E-state index is 0.107. The Bertz CT molecular complexity index is 332. The van der Waals surface area contributed by atoms with Crippen LogP contribution in [-0.4, -0.2) is 40.7 Å². The monoisotopic (exact) mass is 210 g/mol. The van der Waals surface area contributed by atoms with Gasteiger partial charge in [0, 0.05) is 39.7 Å². The van der Waals surface area contributed by atoms with E-state index in [0.29, 0.717) is 6.42 Å². The minimum Gasteiger partial charge on any atom is -0.367 e. The van der Waals surface area contributed by atoms with Crippen LogP contribution in [0.25, 0.3) is 0 Å². The Morgan fingerprint density at radius 3 is 2.80 bits per heavy atom. The van der Waals surface area contributed by atoms with Gasteiger partial charge in [0.05, 0.1) is 6.20 Å². The first-order valence-electron chi connectivity index (χ1n) is 4.95. The Kier molecular flexibility index (Phi) is 3.71. The van der Waals surface area contributed by atoms with Crippen molar-refractivity contribution in [2.45, 2.75) is 19.4 Å². The highest BCUT2D eigenvalue weighted by molar-refractivity contribution is 5.76. The maximum atomic E-state index is 11.4. The number of carbonyl (C=O) groups excluding carboxylic acids is 1. The molecule has 0 bridgehead atoms. The maximum Gasteiger partial charge on any atom is 0.224 e. The molecule has 1 N–H and O–H groups in total. The molecule has 1 rings (SSSR count). The molecular weight excluding hydrogens is 192 g/mol. The van der Waals surface area contributed by atoms with Gasteiger partial charge in [0.2, 0.25) is 5.91 Å². The van der Waals surface area contributed by atoms with Crippen LogP contribution in [0.2, 0.25) is 0 Å². The van der Waals surface area contributed by atoms with Gasteiger partial charge in [-0.3, -0.25) is 9.48 Å². The fourth-order valence-corrected chi connectivity index (χ4v) is 1.26. The molecule has 0 spiro atoms. The van der Waals surface area contributed by atoms with Crippen LogP contribution in [0.15, 0.2) is 12.3 Å². The number of hydrogen-bond acceptors (Lipinski definition) is 3. The van der Waals surface area contributed by atoms with Gasteiger partial charge in [-0.05, 0) is 6.92 Å². The van der Waals surface area contributed by atoms with Gasteiger partial charge in [0.1, 0.15) is 5.82 Å². The van der Waals surface area contributed by atoms with Crippen LogP contribution in [0.4, 0.5) is 5.82 Å². The highest BCUT2D eigenvalue weighted by Crippen LogP contribution is 2.07. The predicted octanol–water partition coefficient (Wildman–Crippen LogP) is 0.699. The van der Waals surface area contributed by atoms with Gasteiger partial charge in [0.25, 0.3) is 0 Å². The third-order valence-corrected chi connectivity index (χ3v) is 2.19. The number of anilines is 1. The summed E-state index contributed by atoms with van der Waals surface area (Å²) < 4.78 is 1.75. The van der Waals surface area contributed by atoms with Crippen molar-refractivity contribution in [1.82, 2.24) is 14.7 Å². The van der Waals surface area contributed by atoms with Crippen molar-refractivity contribution in [3.05, 3.63) is 12.3 Å². The molecule has 0 aromatic carbocycles. The quantitative estimate of drug-likeness (QED) is 0.795. The molecule has 1 amide bonds. The number of hydrogen-bond donors (Lipinski definition) is 1. The summed E-state index contributed by atoms with van der Waals surface area (Å²) in [6.45, 7) is 1.98. The lowest BCUT2D eigenvalue weighted by molar-refractivity contribution is -0.128. The smallest absolute Gasteiger partial charge is 0.224 e. The van der Waals surface area contributed by atoms with Crippen LogP contribution in [0.1, 0.15) is 13.3 Å². The Morgan fingerprint density at radius 2 is 2.33 bits per heavy atom. The van der Waals surface area contributed by atoms with Crippen LogP contribution in [0.5, 0.6) is 0 Å². The second-order valence-electron chi connectivity index (χ2n) is 3.88. The van der Waals surface area contributed by atoms with E-state index in [1.54, 1.807) is 29.9 Å². The van der Waals surface area contributed by atoms with Crippen molar-refractivity contribution in [1.29, 1.82) is 0 Å². The molecule has 1 heterocycles. The van der Waals surface area contributed by atoms with Gasteiger partial charge in [-0.15, -0.1) is 0 Å². The summed E-state index contributed by atoms with van der Waals surface area (Å²) in [6.07, 6.45) is 2.21. The Hall–Kier alpha value is -1.52. The third kappa shape index (κ3) is 3.27. The van der Waals surface area contributed by atoms with Crippen molar-refractivity contribution in [2.24, 2.45) is 7.05 Å². The normalized spacial score (nSPS) is 12.3. The average molecular weight is 210 g/mol. The molecule has 5 heteroatoms. The molecule has 15 heavy (non-hydrogen) atoms. The molecule has 0 aliphatic rings. The summed E-state index contributed by atoms with van der Waals surface area (Å²) in [5, 5.41) is 7.27. The minimum atomic E-state index is 0.107. The van der Waals surface area contributed by atoms with E-state index in [-0.39, 0.29) is 11.9 Å². The molecule has 1 aromatic rings. The summed E-state index contributed by atoms with van der Waals surface area (Å²) in [4.78, 5) is 13.0. The van der Waals surface area contributed by atoms with Crippen molar-refractivity contribution >= 4 is 11.7 Å². The molecule has 0 radical (unpaired) electrons. The van der Waals surface area contributed by atoms with Gasteiger partial charge < -0.3 is 10.2 Å². The summed E-state index contributed by atoms with van der Waals surface area (Å²) in [7, 11) is 5.39. The molecule has 1 unspecified atom stereocenters. The van der Waals surface area contributed by atoms with Crippen molar-refractivity contribution < 1.29 is 4.79 Å². The Labute approximate surface area is 90.1 Å². The fourth-order valence-electron chi connectivity index (χ4n) is 1.26. The summed E-state index contributed by atoms with van der Waals surface area (Å²) in [5.74, 6) is 1.05. The number of aromatic nitrogens is 2. The zero-order chi connectivity index (χ0) is 11.4. The predicted molar refractivity (Wildman–Crippen MR) is 59.6 cm³/mol. The van der Waals surface area contributed by atoms with Gasteiger partial charge in [0.15, 0.2) is 0 Å². The first kappa shape index (κ1) is 11.6. The first-order chi connectivity index (χ1) is 7.00.